The van der Waals surface area contributed by atoms with Gasteiger partial charge in [-0.15, -0.1) is 0 Å². The predicted molar refractivity (Wildman–Crippen MR) is 77.3 cm³/mol. The Balaban J connectivity index is 1.60. The average Bonchev–Trinajstić information content (AvgIpc) is 2.41. The molecule has 3 nitrogen and oxygen atoms in total. The fraction of sp³-hybridized carbons (Fsp3) is 0.938. The zero-order chi connectivity index (χ0) is 13.2. The van der Waals surface area contributed by atoms with Crippen LogP contribution in [0.3, 0.4) is 0 Å². The third kappa shape index (κ3) is 3.03. The maximum atomic E-state index is 11.8. The van der Waals surface area contributed by atoms with Crippen molar-refractivity contribution in [2.75, 3.05) is 19.6 Å². The number of hydrogen-bond acceptors (Lipinski definition) is 3. The van der Waals surface area contributed by atoms with Gasteiger partial charge in [0.1, 0.15) is 5.78 Å². The molecule has 0 spiro atoms. The van der Waals surface area contributed by atoms with E-state index in [9.17, 15) is 4.79 Å². The Bertz CT molecular complexity index is 309. The molecule has 0 aromatic rings. The Kier molecular flexibility index (Phi) is 4.23. The highest BCUT2D eigenvalue weighted by Crippen LogP contribution is 2.32. The van der Waals surface area contributed by atoms with E-state index >= 15 is 0 Å². The summed E-state index contributed by atoms with van der Waals surface area (Å²) in [4.78, 5) is 17.1. The van der Waals surface area contributed by atoms with Crippen molar-refractivity contribution < 1.29 is 4.79 Å². The van der Waals surface area contributed by atoms with Crippen molar-refractivity contribution in [1.82, 2.24) is 9.80 Å². The minimum Gasteiger partial charge on any atom is -0.300 e. The van der Waals surface area contributed by atoms with Crippen LogP contribution in [0.1, 0.15) is 58.3 Å². The topological polar surface area (TPSA) is 23.6 Å². The van der Waals surface area contributed by atoms with E-state index < -0.39 is 0 Å². The van der Waals surface area contributed by atoms with E-state index in [0.717, 1.165) is 12.8 Å². The Morgan fingerprint density at radius 2 is 1.68 bits per heavy atom. The third-order valence-electron chi connectivity index (χ3n) is 5.43. The standard InChI is InChI=1S/C16H28N2O/c1-13(17-8-3-2-4-9-17)12-18-14-6-5-7-15(18)11-16(19)10-14/h13-15H,2-12H2,1H3. The molecule has 3 unspecified atom stereocenters. The molecule has 3 atom stereocenters. The maximum absolute atomic E-state index is 11.8. The number of nitrogens with zero attached hydrogens (tertiary/aromatic N) is 2. The van der Waals surface area contributed by atoms with Gasteiger partial charge in [-0.2, -0.15) is 0 Å². The van der Waals surface area contributed by atoms with E-state index in [0.29, 0.717) is 23.9 Å². The van der Waals surface area contributed by atoms with Crippen LogP contribution in [0.25, 0.3) is 0 Å². The van der Waals surface area contributed by atoms with Crippen LogP contribution in [0.5, 0.6) is 0 Å². The highest BCUT2D eigenvalue weighted by atomic mass is 16.1. The molecule has 0 radical (unpaired) electrons. The number of carbonyl (C=O) groups is 1. The van der Waals surface area contributed by atoms with Crippen molar-refractivity contribution >= 4 is 5.78 Å². The van der Waals surface area contributed by atoms with Crippen molar-refractivity contribution in [3.05, 3.63) is 0 Å². The Labute approximate surface area is 117 Å². The van der Waals surface area contributed by atoms with Crippen molar-refractivity contribution in [3.8, 4) is 0 Å². The first-order valence-electron chi connectivity index (χ1n) is 8.25. The van der Waals surface area contributed by atoms with Gasteiger partial charge in [-0.05, 0) is 45.7 Å². The van der Waals surface area contributed by atoms with Crippen molar-refractivity contribution in [2.24, 2.45) is 0 Å². The van der Waals surface area contributed by atoms with Crippen LogP contribution in [0.2, 0.25) is 0 Å². The van der Waals surface area contributed by atoms with Crippen molar-refractivity contribution in [3.63, 3.8) is 0 Å². The van der Waals surface area contributed by atoms with E-state index in [1.165, 1.54) is 58.2 Å². The lowest BCUT2D eigenvalue weighted by Crippen LogP contribution is -2.56. The zero-order valence-corrected chi connectivity index (χ0v) is 12.3. The summed E-state index contributed by atoms with van der Waals surface area (Å²) in [6.07, 6.45) is 9.62. The molecule has 3 aliphatic rings. The predicted octanol–water partition coefficient (Wildman–Crippen LogP) is 2.45. The van der Waals surface area contributed by atoms with Gasteiger partial charge in [0.25, 0.3) is 0 Å². The number of likely N-dealkylation sites (tertiary alicyclic amines) is 1. The number of fused-ring (bicyclic) bond motifs is 2. The first kappa shape index (κ1) is 13.6. The molecule has 0 aliphatic carbocycles. The summed E-state index contributed by atoms with van der Waals surface area (Å²) in [6.45, 7) is 6.13. The summed E-state index contributed by atoms with van der Waals surface area (Å²) < 4.78 is 0. The van der Waals surface area contributed by atoms with E-state index in [-0.39, 0.29) is 0 Å². The second-order valence-electron chi connectivity index (χ2n) is 6.83. The zero-order valence-electron chi connectivity index (χ0n) is 12.3. The number of rotatable bonds is 3. The Hall–Kier alpha value is -0.410. The van der Waals surface area contributed by atoms with Crippen molar-refractivity contribution in [1.29, 1.82) is 0 Å². The molecule has 0 aromatic carbocycles. The van der Waals surface area contributed by atoms with E-state index in [1.54, 1.807) is 0 Å². The molecule has 108 valence electrons. The largest absolute Gasteiger partial charge is 0.300 e. The first-order valence-corrected chi connectivity index (χ1v) is 8.25. The molecular weight excluding hydrogens is 236 g/mol. The fourth-order valence-corrected chi connectivity index (χ4v) is 4.34. The second-order valence-corrected chi connectivity index (χ2v) is 6.83. The molecule has 3 heterocycles. The lowest BCUT2D eigenvalue weighted by molar-refractivity contribution is -0.127. The van der Waals surface area contributed by atoms with Gasteiger partial charge in [0.05, 0.1) is 0 Å². The Morgan fingerprint density at radius 1 is 1.05 bits per heavy atom. The minimum atomic E-state index is 0.511. The first-order chi connectivity index (χ1) is 9.24. The number of piperidine rings is 3. The fourth-order valence-electron chi connectivity index (χ4n) is 4.34. The molecule has 19 heavy (non-hydrogen) atoms. The summed E-state index contributed by atoms with van der Waals surface area (Å²) in [5, 5.41) is 0. The van der Waals surface area contributed by atoms with Crippen LogP contribution in [0, 0.1) is 0 Å². The summed E-state index contributed by atoms with van der Waals surface area (Å²) >= 11 is 0. The van der Waals surface area contributed by atoms with Crippen LogP contribution in [-0.2, 0) is 4.79 Å². The lowest BCUT2D eigenvalue weighted by atomic mass is 9.83. The number of hydrogen-bond donors (Lipinski definition) is 0. The van der Waals surface area contributed by atoms with Crippen LogP contribution < -0.4 is 0 Å². The Morgan fingerprint density at radius 3 is 2.32 bits per heavy atom. The maximum Gasteiger partial charge on any atom is 0.136 e. The van der Waals surface area contributed by atoms with Crippen molar-refractivity contribution in [2.45, 2.75) is 76.4 Å². The molecule has 3 heteroatoms. The van der Waals surface area contributed by atoms with E-state index in [4.69, 9.17) is 0 Å². The quantitative estimate of drug-likeness (QED) is 0.782. The molecule has 2 bridgehead atoms. The second kappa shape index (κ2) is 5.92. The van der Waals surface area contributed by atoms with Gasteiger partial charge in [-0.25, -0.2) is 0 Å². The molecule has 0 saturated carbocycles. The van der Waals surface area contributed by atoms with Crippen LogP contribution in [-0.4, -0.2) is 53.3 Å². The van der Waals surface area contributed by atoms with Crippen LogP contribution in [0.4, 0.5) is 0 Å². The summed E-state index contributed by atoms with van der Waals surface area (Å²) in [6, 6.07) is 1.79. The van der Waals surface area contributed by atoms with E-state index in [1.807, 2.05) is 0 Å². The molecule has 3 aliphatic heterocycles. The van der Waals surface area contributed by atoms with Gasteiger partial charge in [-0.3, -0.25) is 14.6 Å². The smallest absolute Gasteiger partial charge is 0.136 e. The van der Waals surface area contributed by atoms with Gasteiger partial charge in [-0.1, -0.05) is 12.8 Å². The molecule has 3 saturated heterocycles. The number of ketones is 1. The molecule has 0 aromatic heterocycles. The molecular formula is C16H28N2O. The highest BCUT2D eigenvalue weighted by molar-refractivity contribution is 5.80. The third-order valence-corrected chi connectivity index (χ3v) is 5.43. The highest BCUT2D eigenvalue weighted by Gasteiger charge is 2.38. The van der Waals surface area contributed by atoms with Gasteiger partial charge in [0.2, 0.25) is 0 Å². The van der Waals surface area contributed by atoms with Gasteiger partial charge < -0.3 is 0 Å². The average molecular weight is 264 g/mol. The monoisotopic (exact) mass is 264 g/mol. The number of carbonyl (C=O) groups excluding carboxylic acids is 1. The van der Waals surface area contributed by atoms with E-state index in [2.05, 4.69) is 16.7 Å². The van der Waals surface area contributed by atoms with Crippen LogP contribution >= 0.6 is 0 Å². The normalized spacial score (nSPS) is 35.3. The van der Waals surface area contributed by atoms with Gasteiger partial charge in [0.15, 0.2) is 0 Å². The molecule has 0 amide bonds. The van der Waals surface area contributed by atoms with Crippen LogP contribution in [0.15, 0.2) is 0 Å². The number of Topliss-reactive ketones (excluding diaryl/α,β-unsaturated/α-hetero) is 1. The molecule has 3 rings (SSSR count). The minimum absolute atomic E-state index is 0.511. The van der Waals surface area contributed by atoms with Gasteiger partial charge in [0, 0.05) is 37.5 Å². The van der Waals surface area contributed by atoms with Gasteiger partial charge >= 0.3 is 0 Å². The molecule has 3 fully saturated rings. The lowest BCUT2D eigenvalue weighted by Gasteiger charge is -2.48. The molecule has 0 N–H and O–H groups in total. The summed E-state index contributed by atoms with van der Waals surface area (Å²) in [5.41, 5.74) is 0. The summed E-state index contributed by atoms with van der Waals surface area (Å²) in [7, 11) is 0. The SMILES string of the molecule is CC(CN1C2CCCC1CC(=O)C2)N1CCCCC1. The summed E-state index contributed by atoms with van der Waals surface area (Å²) in [5.74, 6) is 0.511.